The van der Waals surface area contributed by atoms with Gasteiger partial charge in [0.05, 0.1) is 0 Å². The molecule has 1 N–H and O–H groups in total. The summed E-state index contributed by atoms with van der Waals surface area (Å²) in [7, 11) is 0. The molecule has 0 bridgehead atoms. The number of hydrogen-bond acceptors (Lipinski definition) is 1. The van der Waals surface area contributed by atoms with Crippen molar-refractivity contribution in [2.45, 2.75) is 111 Å². The molecule has 0 aromatic rings. The van der Waals surface area contributed by atoms with Gasteiger partial charge in [-0.05, 0) is 31.6 Å². The van der Waals surface area contributed by atoms with Crippen molar-refractivity contribution < 1.29 is 9.90 Å². The van der Waals surface area contributed by atoms with Crippen LogP contribution in [0.15, 0.2) is 11.6 Å². The molecule has 0 aromatic carbocycles. The van der Waals surface area contributed by atoms with E-state index in [1.54, 1.807) is 6.92 Å². The van der Waals surface area contributed by atoms with E-state index in [0.717, 1.165) is 12.8 Å². The van der Waals surface area contributed by atoms with Crippen LogP contribution in [0, 0.1) is 5.41 Å². The summed E-state index contributed by atoms with van der Waals surface area (Å²) in [4.78, 5) is 10.6. The van der Waals surface area contributed by atoms with Gasteiger partial charge in [-0.3, -0.25) is 0 Å². The number of aliphatic carboxylic acids is 1. The highest BCUT2D eigenvalue weighted by molar-refractivity contribution is 5.85. The van der Waals surface area contributed by atoms with E-state index in [0.29, 0.717) is 11.0 Å². The van der Waals surface area contributed by atoms with Crippen LogP contribution in [0.5, 0.6) is 0 Å². The number of carboxylic acids is 1. The van der Waals surface area contributed by atoms with Gasteiger partial charge in [0.2, 0.25) is 0 Å². The van der Waals surface area contributed by atoms with Crippen molar-refractivity contribution in [1.82, 2.24) is 0 Å². The van der Waals surface area contributed by atoms with Crippen molar-refractivity contribution in [3.05, 3.63) is 11.6 Å². The maximum atomic E-state index is 10.6. The molecule has 0 fully saturated rings. The van der Waals surface area contributed by atoms with Crippen molar-refractivity contribution in [2.75, 3.05) is 0 Å². The second-order valence-corrected chi connectivity index (χ2v) is 7.12. The molecule has 0 aliphatic rings. The minimum atomic E-state index is -0.789. The minimum absolute atomic E-state index is 0.479. The molecular weight excluding hydrogens is 284 g/mol. The summed E-state index contributed by atoms with van der Waals surface area (Å²) in [6.07, 6.45) is 18.7. The third-order valence-electron chi connectivity index (χ3n) is 5.70. The third-order valence-corrected chi connectivity index (χ3v) is 5.70. The van der Waals surface area contributed by atoms with Gasteiger partial charge >= 0.3 is 5.97 Å². The SMILES string of the molecule is CCC(CC)(CC)CCCCCCCCCCC=C(C)C(=O)O. The third kappa shape index (κ3) is 10.6. The van der Waals surface area contributed by atoms with Crippen molar-refractivity contribution >= 4 is 5.97 Å². The van der Waals surface area contributed by atoms with Crippen molar-refractivity contribution in [3.8, 4) is 0 Å². The quantitative estimate of drug-likeness (QED) is 0.257. The van der Waals surface area contributed by atoms with E-state index >= 15 is 0 Å². The molecule has 0 aromatic heterocycles. The fourth-order valence-electron chi connectivity index (χ4n) is 3.39. The Balaban J connectivity index is 3.47. The number of carboxylic acid groups (broad SMARTS) is 1. The van der Waals surface area contributed by atoms with Crippen LogP contribution in [0.2, 0.25) is 0 Å². The Hall–Kier alpha value is -0.790. The second-order valence-electron chi connectivity index (χ2n) is 7.12. The summed E-state index contributed by atoms with van der Waals surface area (Å²) < 4.78 is 0. The molecule has 0 rings (SSSR count). The predicted molar refractivity (Wildman–Crippen MR) is 101 cm³/mol. The van der Waals surface area contributed by atoms with Gasteiger partial charge in [-0.25, -0.2) is 4.79 Å². The van der Waals surface area contributed by atoms with E-state index in [9.17, 15) is 4.79 Å². The molecule has 23 heavy (non-hydrogen) atoms. The molecule has 0 spiro atoms. The van der Waals surface area contributed by atoms with Crippen LogP contribution in [0.3, 0.4) is 0 Å². The molecule has 0 radical (unpaired) electrons. The second kappa shape index (κ2) is 13.6. The zero-order chi connectivity index (χ0) is 17.6. The van der Waals surface area contributed by atoms with Crippen LogP contribution in [-0.4, -0.2) is 11.1 Å². The maximum absolute atomic E-state index is 10.6. The largest absolute Gasteiger partial charge is 0.478 e. The van der Waals surface area contributed by atoms with Crippen LogP contribution >= 0.6 is 0 Å². The highest BCUT2D eigenvalue weighted by Crippen LogP contribution is 2.36. The molecule has 2 nitrogen and oxygen atoms in total. The molecule has 0 saturated heterocycles. The van der Waals surface area contributed by atoms with Crippen molar-refractivity contribution in [1.29, 1.82) is 0 Å². The van der Waals surface area contributed by atoms with Gasteiger partial charge in [-0.1, -0.05) is 91.1 Å². The molecule has 0 unspecified atom stereocenters. The molecular formula is C21H40O2. The summed E-state index contributed by atoms with van der Waals surface area (Å²) in [5.74, 6) is -0.789. The van der Waals surface area contributed by atoms with Gasteiger partial charge in [0.25, 0.3) is 0 Å². The Morgan fingerprint density at radius 1 is 0.826 bits per heavy atom. The number of unbranched alkanes of at least 4 members (excludes halogenated alkanes) is 8. The monoisotopic (exact) mass is 324 g/mol. The molecule has 0 aliphatic carbocycles. The lowest BCUT2D eigenvalue weighted by Crippen LogP contribution is -2.17. The Morgan fingerprint density at radius 2 is 1.26 bits per heavy atom. The van der Waals surface area contributed by atoms with E-state index in [1.807, 2.05) is 6.08 Å². The average Bonchev–Trinajstić information content (AvgIpc) is 2.56. The Morgan fingerprint density at radius 3 is 1.70 bits per heavy atom. The fourth-order valence-corrected chi connectivity index (χ4v) is 3.39. The molecule has 0 amide bonds. The first-order valence-corrected chi connectivity index (χ1v) is 9.91. The Kier molecular flexibility index (Phi) is 13.2. The summed E-state index contributed by atoms with van der Waals surface area (Å²) in [6.45, 7) is 8.72. The number of rotatable bonds is 15. The molecule has 0 heterocycles. The van der Waals surface area contributed by atoms with E-state index < -0.39 is 5.97 Å². The predicted octanol–water partition coefficient (Wildman–Crippen LogP) is 7.13. The minimum Gasteiger partial charge on any atom is -0.478 e. The fraction of sp³-hybridized carbons (Fsp3) is 0.857. The van der Waals surface area contributed by atoms with Gasteiger partial charge in [0.15, 0.2) is 0 Å². The van der Waals surface area contributed by atoms with Crippen LogP contribution in [-0.2, 0) is 4.79 Å². The van der Waals surface area contributed by atoms with Gasteiger partial charge in [-0.2, -0.15) is 0 Å². The van der Waals surface area contributed by atoms with Crippen molar-refractivity contribution in [3.63, 3.8) is 0 Å². The Bertz CT molecular complexity index is 318. The first-order valence-electron chi connectivity index (χ1n) is 9.91. The Labute approximate surface area is 144 Å². The first-order chi connectivity index (χ1) is 11.0. The maximum Gasteiger partial charge on any atom is 0.330 e. The first kappa shape index (κ1) is 22.2. The number of allylic oxidation sites excluding steroid dienone is 1. The number of carbonyl (C=O) groups is 1. The van der Waals surface area contributed by atoms with Crippen LogP contribution in [0.25, 0.3) is 0 Å². The lowest BCUT2D eigenvalue weighted by Gasteiger charge is -2.30. The standard InChI is InChI=1S/C21H40O2/c1-5-21(6-2,7-3)18-16-14-12-10-8-9-11-13-15-17-19(4)20(22)23/h17H,5-16,18H2,1-4H3,(H,22,23). The van der Waals surface area contributed by atoms with Gasteiger partial charge < -0.3 is 5.11 Å². The smallest absolute Gasteiger partial charge is 0.330 e. The van der Waals surface area contributed by atoms with Gasteiger partial charge in [-0.15, -0.1) is 0 Å². The molecule has 136 valence electrons. The van der Waals surface area contributed by atoms with E-state index in [2.05, 4.69) is 20.8 Å². The van der Waals surface area contributed by atoms with Crippen LogP contribution in [0.1, 0.15) is 111 Å². The molecule has 2 heteroatoms. The average molecular weight is 325 g/mol. The summed E-state index contributed by atoms with van der Waals surface area (Å²) >= 11 is 0. The molecule has 0 aliphatic heterocycles. The van der Waals surface area contributed by atoms with Crippen molar-refractivity contribution in [2.24, 2.45) is 5.41 Å². The summed E-state index contributed by atoms with van der Waals surface area (Å²) in [6, 6.07) is 0. The van der Waals surface area contributed by atoms with Crippen LogP contribution < -0.4 is 0 Å². The summed E-state index contributed by atoms with van der Waals surface area (Å²) in [5, 5.41) is 8.75. The zero-order valence-electron chi connectivity index (χ0n) is 16.1. The lowest BCUT2D eigenvalue weighted by atomic mass is 9.75. The topological polar surface area (TPSA) is 37.3 Å². The highest BCUT2D eigenvalue weighted by atomic mass is 16.4. The number of hydrogen-bond donors (Lipinski definition) is 1. The summed E-state index contributed by atoms with van der Waals surface area (Å²) in [5.41, 5.74) is 1.09. The zero-order valence-corrected chi connectivity index (χ0v) is 16.1. The van der Waals surface area contributed by atoms with Gasteiger partial charge in [0.1, 0.15) is 0 Å². The van der Waals surface area contributed by atoms with E-state index in [1.165, 1.54) is 70.6 Å². The molecule has 0 saturated carbocycles. The van der Waals surface area contributed by atoms with Crippen LogP contribution in [0.4, 0.5) is 0 Å². The molecule has 0 atom stereocenters. The van der Waals surface area contributed by atoms with Gasteiger partial charge in [0, 0.05) is 5.57 Å². The van der Waals surface area contributed by atoms with E-state index in [4.69, 9.17) is 5.11 Å². The highest BCUT2D eigenvalue weighted by Gasteiger charge is 2.22. The normalized spacial score (nSPS) is 12.6. The lowest BCUT2D eigenvalue weighted by molar-refractivity contribution is -0.132. The van der Waals surface area contributed by atoms with E-state index in [-0.39, 0.29) is 0 Å².